The van der Waals surface area contributed by atoms with Crippen LogP contribution in [0.4, 0.5) is 0 Å². The molecule has 70 valence electrons. The molecule has 0 atom stereocenters. The second-order valence-electron chi connectivity index (χ2n) is 2.96. The SMILES string of the molecule is C/C=C/CCc1ccc(OC)cc1. The standard InChI is InChI=1S/C12H16O/c1-3-4-5-6-11-7-9-12(13-2)10-8-11/h3-4,7-10H,5-6H2,1-2H3/b4-3+. The van der Waals surface area contributed by atoms with Crippen molar-refractivity contribution >= 4 is 0 Å². The molecule has 0 bridgehead atoms. The van der Waals surface area contributed by atoms with Crippen molar-refractivity contribution in [3.63, 3.8) is 0 Å². The van der Waals surface area contributed by atoms with Crippen LogP contribution >= 0.6 is 0 Å². The average Bonchev–Trinajstić information content (AvgIpc) is 2.19. The van der Waals surface area contributed by atoms with Gasteiger partial charge in [0.2, 0.25) is 0 Å². The summed E-state index contributed by atoms with van der Waals surface area (Å²) in [6.45, 7) is 2.05. The van der Waals surface area contributed by atoms with Crippen molar-refractivity contribution in [1.82, 2.24) is 0 Å². The van der Waals surface area contributed by atoms with Gasteiger partial charge in [0.05, 0.1) is 7.11 Å². The minimum absolute atomic E-state index is 0.926. The predicted octanol–water partition coefficient (Wildman–Crippen LogP) is 3.20. The van der Waals surface area contributed by atoms with Crippen LogP contribution in [0.2, 0.25) is 0 Å². The van der Waals surface area contributed by atoms with Gasteiger partial charge >= 0.3 is 0 Å². The lowest BCUT2D eigenvalue weighted by Crippen LogP contribution is -1.85. The Kier molecular flexibility index (Phi) is 4.10. The minimum Gasteiger partial charge on any atom is -0.497 e. The van der Waals surface area contributed by atoms with E-state index in [1.807, 2.05) is 19.1 Å². The lowest BCUT2D eigenvalue weighted by Gasteiger charge is -2.01. The molecule has 0 aromatic heterocycles. The molecular formula is C12H16O. The Labute approximate surface area is 80.0 Å². The molecule has 1 heteroatoms. The second kappa shape index (κ2) is 5.41. The number of aryl methyl sites for hydroxylation is 1. The highest BCUT2D eigenvalue weighted by Gasteiger charge is 1.92. The highest BCUT2D eigenvalue weighted by Crippen LogP contribution is 2.12. The van der Waals surface area contributed by atoms with Crippen LogP contribution in [-0.4, -0.2) is 7.11 Å². The van der Waals surface area contributed by atoms with Gasteiger partial charge in [-0.15, -0.1) is 0 Å². The van der Waals surface area contributed by atoms with E-state index in [-0.39, 0.29) is 0 Å². The fraction of sp³-hybridized carbons (Fsp3) is 0.333. The van der Waals surface area contributed by atoms with E-state index in [2.05, 4.69) is 24.3 Å². The van der Waals surface area contributed by atoms with E-state index in [9.17, 15) is 0 Å². The Morgan fingerprint density at radius 3 is 2.46 bits per heavy atom. The van der Waals surface area contributed by atoms with Gasteiger partial charge in [-0.1, -0.05) is 24.3 Å². The van der Waals surface area contributed by atoms with E-state index in [4.69, 9.17) is 4.74 Å². The van der Waals surface area contributed by atoms with Gasteiger partial charge in [-0.2, -0.15) is 0 Å². The Bertz CT molecular complexity index is 259. The number of methoxy groups -OCH3 is 1. The zero-order valence-corrected chi connectivity index (χ0v) is 8.29. The normalized spacial score (nSPS) is 10.6. The molecule has 1 nitrogen and oxygen atoms in total. The van der Waals surface area contributed by atoms with E-state index >= 15 is 0 Å². The van der Waals surface area contributed by atoms with E-state index in [0.717, 1.165) is 18.6 Å². The topological polar surface area (TPSA) is 9.23 Å². The van der Waals surface area contributed by atoms with Gasteiger partial charge in [0.15, 0.2) is 0 Å². The van der Waals surface area contributed by atoms with Gasteiger partial charge in [0, 0.05) is 0 Å². The number of hydrogen-bond donors (Lipinski definition) is 0. The van der Waals surface area contributed by atoms with Crippen molar-refractivity contribution in [2.24, 2.45) is 0 Å². The third kappa shape index (κ3) is 3.32. The van der Waals surface area contributed by atoms with Crippen LogP contribution in [-0.2, 0) is 6.42 Å². The molecule has 0 radical (unpaired) electrons. The highest BCUT2D eigenvalue weighted by atomic mass is 16.5. The molecule has 0 aliphatic rings. The molecule has 13 heavy (non-hydrogen) atoms. The molecule has 1 rings (SSSR count). The van der Waals surface area contributed by atoms with Crippen molar-refractivity contribution < 1.29 is 4.74 Å². The Balaban J connectivity index is 2.49. The first-order chi connectivity index (χ1) is 6.36. The Morgan fingerprint density at radius 1 is 1.23 bits per heavy atom. The molecular weight excluding hydrogens is 160 g/mol. The maximum absolute atomic E-state index is 5.08. The smallest absolute Gasteiger partial charge is 0.118 e. The van der Waals surface area contributed by atoms with E-state index < -0.39 is 0 Å². The third-order valence-corrected chi connectivity index (χ3v) is 1.99. The number of allylic oxidation sites excluding steroid dienone is 2. The molecule has 0 spiro atoms. The van der Waals surface area contributed by atoms with Crippen LogP contribution in [0.25, 0.3) is 0 Å². The maximum Gasteiger partial charge on any atom is 0.118 e. The molecule has 0 amide bonds. The summed E-state index contributed by atoms with van der Waals surface area (Å²) >= 11 is 0. The summed E-state index contributed by atoms with van der Waals surface area (Å²) < 4.78 is 5.08. The molecule has 0 fully saturated rings. The van der Waals surface area contributed by atoms with Crippen LogP contribution in [0.5, 0.6) is 5.75 Å². The van der Waals surface area contributed by atoms with Gasteiger partial charge in [-0.3, -0.25) is 0 Å². The first-order valence-electron chi connectivity index (χ1n) is 4.61. The van der Waals surface area contributed by atoms with Crippen LogP contribution < -0.4 is 4.74 Å². The van der Waals surface area contributed by atoms with Gasteiger partial charge < -0.3 is 4.74 Å². The van der Waals surface area contributed by atoms with Gasteiger partial charge in [0.1, 0.15) is 5.75 Å². The summed E-state index contributed by atoms with van der Waals surface area (Å²) in [6.07, 6.45) is 6.49. The van der Waals surface area contributed by atoms with E-state index in [0.29, 0.717) is 0 Å². The van der Waals surface area contributed by atoms with Crippen LogP contribution in [0.15, 0.2) is 36.4 Å². The summed E-state index contributed by atoms with van der Waals surface area (Å²) in [4.78, 5) is 0. The van der Waals surface area contributed by atoms with Gasteiger partial charge in [0.25, 0.3) is 0 Å². The monoisotopic (exact) mass is 176 g/mol. The van der Waals surface area contributed by atoms with E-state index in [1.54, 1.807) is 7.11 Å². The Morgan fingerprint density at radius 2 is 1.92 bits per heavy atom. The summed E-state index contributed by atoms with van der Waals surface area (Å²) in [5.41, 5.74) is 1.36. The summed E-state index contributed by atoms with van der Waals surface area (Å²) in [6, 6.07) is 8.24. The first-order valence-corrected chi connectivity index (χ1v) is 4.61. The lowest BCUT2D eigenvalue weighted by molar-refractivity contribution is 0.414. The largest absolute Gasteiger partial charge is 0.497 e. The number of benzene rings is 1. The highest BCUT2D eigenvalue weighted by molar-refractivity contribution is 5.27. The van der Waals surface area contributed by atoms with Crippen molar-refractivity contribution in [3.8, 4) is 5.75 Å². The summed E-state index contributed by atoms with van der Waals surface area (Å²) in [7, 11) is 1.69. The molecule has 0 saturated heterocycles. The van der Waals surface area contributed by atoms with Crippen molar-refractivity contribution in [3.05, 3.63) is 42.0 Å². The maximum atomic E-state index is 5.08. The average molecular weight is 176 g/mol. The number of rotatable bonds is 4. The fourth-order valence-corrected chi connectivity index (χ4v) is 1.21. The quantitative estimate of drug-likeness (QED) is 0.640. The van der Waals surface area contributed by atoms with Gasteiger partial charge in [-0.05, 0) is 37.5 Å². The zero-order chi connectivity index (χ0) is 9.52. The number of hydrogen-bond acceptors (Lipinski definition) is 1. The van der Waals surface area contributed by atoms with Crippen LogP contribution in [0.3, 0.4) is 0 Å². The predicted molar refractivity (Wildman–Crippen MR) is 56.1 cm³/mol. The minimum atomic E-state index is 0.926. The molecule has 0 saturated carbocycles. The summed E-state index contributed by atoms with van der Waals surface area (Å²) in [5, 5.41) is 0. The Hall–Kier alpha value is -1.24. The molecule has 1 aromatic carbocycles. The van der Waals surface area contributed by atoms with Crippen molar-refractivity contribution in [1.29, 1.82) is 0 Å². The molecule has 0 heterocycles. The third-order valence-electron chi connectivity index (χ3n) is 1.99. The van der Waals surface area contributed by atoms with E-state index in [1.165, 1.54) is 5.56 Å². The van der Waals surface area contributed by atoms with Crippen molar-refractivity contribution in [2.45, 2.75) is 19.8 Å². The van der Waals surface area contributed by atoms with Crippen LogP contribution in [0.1, 0.15) is 18.9 Å². The summed E-state index contributed by atoms with van der Waals surface area (Å²) in [5.74, 6) is 0.926. The van der Waals surface area contributed by atoms with Crippen molar-refractivity contribution in [2.75, 3.05) is 7.11 Å². The molecule has 1 aromatic rings. The second-order valence-corrected chi connectivity index (χ2v) is 2.96. The molecule has 0 N–H and O–H groups in total. The van der Waals surface area contributed by atoms with Crippen LogP contribution in [0, 0.1) is 0 Å². The molecule has 0 unspecified atom stereocenters. The van der Waals surface area contributed by atoms with Gasteiger partial charge in [-0.25, -0.2) is 0 Å². The lowest BCUT2D eigenvalue weighted by atomic mass is 10.1. The number of ether oxygens (including phenoxy) is 1. The fourth-order valence-electron chi connectivity index (χ4n) is 1.21. The molecule has 0 aliphatic carbocycles. The zero-order valence-electron chi connectivity index (χ0n) is 8.29. The molecule has 0 aliphatic heterocycles. The first kappa shape index (κ1) is 9.85.